The number of carbonyl (C=O) groups excluding carboxylic acids is 2. The highest BCUT2D eigenvalue weighted by atomic mass is 16.2. The Morgan fingerprint density at radius 1 is 1.27 bits per heavy atom. The number of ketones is 2. The van der Waals surface area contributed by atoms with Gasteiger partial charge >= 0.3 is 0 Å². The summed E-state index contributed by atoms with van der Waals surface area (Å²) in [5.41, 5.74) is 0.517. The molecule has 0 aromatic heterocycles. The lowest BCUT2D eigenvalue weighted by atomic mass is 10.0. The number of hydrogen-bond donors (Lipinski definition) is 0. The van der Waals surface area contributed by atoms with Crippen molar-refractivity contribution in [3.05, 3.63) is 35.9 Å². The molecule has 1 unspecified atom stereocenters. The van der Waals surface area contributed by atoms with Crippen LogP contribution >= 0.6 is 0 Å². The van der Waals surface area contributed by atoms with Gasteiger partial charge in [0, 0.05) is 5.56 Å². The second-order valence-electron chi connectivity index (χ2n) is 3.15. The molecule has 1 aromatic carbocycles. The zero-order valence-electron chi connectivity index (χ0n) is 8.81. The average molecular weight is 203 g/mol. The molecule has 3 heteroatoms. The predicted molar refractivity (Wildman–Crippen MR) is 59.4 cm³/mol. The van der Waals surface area contributed by atoms with Crippen molar-refractivity contribution in [2.24, 2.45) is 4.99 Å². The van der Waals surface area contributed by atoms with Gasteiger partial charge in [0.25, 0.3) is 0 Å². The van der Waals surface area contributed by atoms with E-state index in [0.717, 1.165) is 0 Å². The van der Waals surface area contributed by atoms with Gasteiger partial charge in [0.05, 0.1) is 0 Å². The largest absolute Gasteiger partial charge is 0.297 e. The van der Waals surface area contributed by atoms with Gasteiger partial charge in [-0.05, 0) is 20.1 Å². The van der Waals surface area contributed by atoms with Crippen molar-refractivity contribution >= 4 is 17.8 Å². The van der Waals surface area contributed by atoms with Gasteiger partial charge < -0.3 is 0 Å². The average Bonchev–Trinajstić information content (AvgIpc) is 2.26. The maximum absolute atomic E-state index is 11.8. The Hall–Kier alpha value is -1.77. The molecule has 0 spiro atoms. The molecule has 0 heterocycles. The number of hydrogen-bond acceptors (Lipinski definition) is 3. The minimum Gasteiger partial charge on any atom is -0.297 e. The highest BCUT2D eigenvalue weighted by Crippen LogP contribution is 2.06. The topological polar surface area (TPSA) is 46.5 Å². The normalized spacial score (nSPS) is 12.7. The Balaban J connectivity index is 2.96. The molecule has 1 atom stereocenters. The number of aliphatic imine (C=N–C) groups is 1. The summed E-state index contributed by atoms with van der Waals surface area (Å²) in [5, 5.41) is 0. The number of rotatable bonds is 4. The molecule has 0 radical (unpaired) electrons. The van der Waals surface area contributed by atoms with Crippen LogP contribution in [0.25, 0.3) is 0 Å². The fraction of sp³-hybridized carbons (Fsp3) is 0.250. The molecule has 0 N–H and O–H groups in total. The van der Waals surface area contributed by atoms with Crippen LogP contribution < -0.4 is 0 Å². The molecule has 0 amide bonds. The molecule has 78 valence electrons. The number of nitrogens with zero attached hydrogens (tertiary/aromatic N) is 1. The third kappa shape index (κ3) is 2.84. The molecular weight excluding hydrogens is 190 g/mol. The maximum Gasteiger partial charge on any atom is 0.194 e. The van der Waals surface area contributed by atoms with Gasteiger partial charge in [-0.25, -0.2) is 0 Å². The van der Waals surface area contributed by atoms with E-state index in [4.69, 9.17) is 0 Å². The smallest absolute Gasteiger partial charge is 0.194 e. The van der Waals surface area contributed by atoms with Crippen LogP contribution in [0.4, 0.5) is 0 Å². The van der Waals surface area contributed by atoms with Gasteiger partial charge in [-0.3, -0.25) is 14.6 Å². The van der Waals surface area contributed by atoms with Crippen LogP contribution in [-0.4, -0.2) is 23.8 Å². The number of benzene rings is 1. The van der Waals surface area contributed by atoms with Crippen LogP contribution in [0.2, 0.25) is 0 Å². The Kier molecular flexibility index (Phi) is 3.92. The van der Waals surface area contributed by atoms with E-state index in [2.05, 4.69) is 4.99 Å². The van der Waals surface area contributed by atoms with E-state index in [0.29, 0.717) is 5.56 Å². The molecule has 0 saturated carbocycles. The van der Waals surface area contributed by atoms with Crippen molar-refractivity contribution in [2.75, 3.05) is 0 Å². The van der Waals surface area contributed by atoms with Gasteiger partial charge in [0.2, 0.25) is 0 Å². The molecule has 3 nitrogen and oxygen atoms in total. The van der Waals surface area contributed by atoms with Gasteiger partial charge in [0.15, 0.2) is 17.6 Å². The van der Waals surface area contributed by atoms with Crippen LogP contribution in [0, 0.1) is 0 Å². The number of Topliss-reactive ketones (excluding diaryl/α,β-unsaturated/α-hetero) is 2. The second kappa shape index (κ2) is 5.20. The Labute approximate surface area is 88.8 Å². The summed E-state index contributed by atoms with van der Waals surface area (Å²) < 4.78 is 0. The minimum atomic E-state index is -0.891. The van der Waals surface area contributed by atoms with E-state index in [1.165, 1.54) is 13.1 Å². The van der Waals surface area contributed by atoms with Crippen LogP contribution in [-0.2, 0) is 4.79 Å². The molecule has 0 fully saturated rings. The van der Waals surface area contributed by atoms with E-state index in [1.54, 1.807) is 31.2 Å². The van der Waals surface area contributed by atoms with E-state index < -0.39 is 6.04 Å². The lowest BCUT2D eigenvalue weighted by molar-refractivity contribution is -0.117. The van der Waals surface area contributed by atoms with Gasteiger partial charge in [-0.1, -0.05) is 30.3 Å². The lowest BCUT2D eigenvalue weighted by Gasteiger charge is -2.06. The highest BCUT2D eigenvalue weighted by Gasteiger charge is 2.22. The monoisotopic (exact) mass is 203 g/mol. The fourth-order valence-corrected chi connectivity index (χ4v) is 1.27. The van der Waals surface area contributed by atoms with Gasteiger partial charge in [-0.15, -0.1) is 0 Å². The predicted octanol–water partition coefficient (Wildman–Crippen LogP) is 1.92. The molecular formula is C12H13NO2. The first-order valence-corrected chi connectivity index (χ1v) is 4.74. The summed E-state index contributed by atoms with van der Waals surface area (Å²) in [5.74, 6) is -0.483. The van der Waals surface area contributed by atoms with E-state index in [9.17, 15) is 9.59 Å². The van der Waals surface area contributed by atoms with Crippen molar-refractivity contribution in [3.8, 4) is 0 Å². The van der Waals surface area contributed by atoms with Crippen molar-refractivity contribution in [2.45, 2.75) is 19.9 Å². The van der Waals surface area contributed by atoms with Crippen LogP contribution in [0.1, 0.15) is 24.2 Å². The summed E-state index contributed by atoms with van der Waals surface area (Å²) in [6.45, 7) is 3.06. The SMILES string of the molecule is CC=NC(C(C)=O)C(=O)c1ccccc1. The van der Waals surface area contributed by atoms with Crippen LogP contribution in [0.15, 0.2) is 35.3 Å². The van der Waals surface area contributed by atoms with Crippen molar-refractivity contribution in [3.63, 3.8) is 0 Å². The van der Waals surface area contributed by atoms with E-state index >= 15 is 0 Å². The van der Waals surface area contributed by atoms with Crippen molar-refractivity contribution < 1.29 is 9.59 Å². The molecule has 0 bridgehead atoms. The summed E-state index contributed by atoms with van der Waals surface area (Å²) in [6, 6.07) is 7.83. The molecule has 15 heavy (non-hydrogen) atoms. The molecule has 0 saturated heterocycles. The van der Waals surface area contributed by atoms with Crippen molar-refractivity contribution in [1.29, 1.82) is 0 Å². The summed E-state index contributed by atoms with van der Waals surface area (Å²) in [7, 11) is 0. The summed E-state index contributed by atoms with van der Waals surface area (Å²) >= 11 is 0. The van der Waals surface area contributed by atoms with Crippen molar-refractivity contribution in [1.82, 2.24) is 0 Å². The maximum atomic E-state index is 11.8. The van der Waals surface area contributed by atoms with Crippen LogP contribution in [0.5, 0.6) is 0 Å². The summed E-state index contributed by atoms with van der Waals surface area (Å²) in [6.07, 6.45) is 1.48. The zero-order valence-corrected chi connectivity index (χ0v) is 8.81. The zero-order chi connectivity index (χ0) is 11.3. The number of carbonyl (C=O) groups is 2. The van der Waals surface area contributed by atoms with Gasteiger partial charge in [0.1, 0.15) is 0 Å². The third-order valence-electron chi connectivity index (χ3n) is 1.99. The molecule has 0 aliphatic heterocycles. The second-order valence-corrected chi connectivity index (χ2v) is 3.15. The Bertz CT molecular complexity index is 382. The molecule has 1 aromatic rings. The first-order chi connectivity index (χ1) is 7.16. The van der Waals surface area contributed by atoms with Gasteiger partial charge in [-0.2, -0.15) is 0 Å². The van der Waals surface area contributed by atoms with E-state index in [1.807, 2.05) is 6.07 Å². The standard InChI is InChI=1S/C12H13NO2/c1-3-13-11(9(2)14)12(15)10-7-5-4-6-8-10/h3-8,11H,1-2H3. The highest BCUT2D eigenvalue weighted by molar-refractivity contribution is 6.14. The Morgan fingerprint density at radius 3 is 2.33 bits per heavy atom. The molecule has 1 rings (SSSR count). The third-order valence-corrected chi connectivity index (χ3v) is 1.99. The molecule has 0 aliphatic rings. The lowest BCUT2D eigenvalue weighted by Crippen LogP contribution is -2.26. The van der Waals surface area contributed by atoms with Crippen LogP contribution in [0.3, 0.4) is 0 Å². The quantitative estimate of drug-likeness (QED) is 0.426. The molecule has 0 aliphatic carbocycles. The van der Waals surface area contributed by atoms with E-state index in [-0.39, 0.29) is 11.6 Å². The minimum absolute atomic E-state index is 0.234. The first kappa shape index (κ1) is 11.3. The summed E-state index contributed by atoms with van der Waals surface area (Å²) in [4.78, 5) is 26.9. The Morgan fingerprint density at radius 2 is 1.87 bits per heavy atom. The first-order valence-electron chi connectivity index (χ1n) is 4.74. The fourth-order valence-electron chi connectivity index (χ4n) is 1.27.